The molecule has 1 aliphatic rings. The summed E-state index contributed by atoms with van der Waals surface area (Å²) in [5.74, 6) is -1.16. The normalized spacial score (nSPS) is 30.9. The maximum atomic E-state index is 11.9. The summed E-state index contributed by atoms with van der Waals surface area (Å²) in [4.78, 5) is 11.9. The molecule has 8 N–H and O–H groups in total. The number of hydrogen-bond donors (Lipinski definition) is 6. The van der Waals surface area contributed by atoms with Gasteiger partial charge in [-0.25, -0.2) is 4.79 Å². The molecule has 128 valence electrons. The molecule has 1 aromatic rings. The van der Waals surface area contributed by atoms with Crippen molar-refractivity contribution in [2.24, 2.45) is 0 Å². The predicted molar refractivity (Wildman–Crippen MR) is 77.3 cm³/mol. The molecular formula is C14H21N2O7+. The van der Waals surface area contributed by atoms with Crippen LogP contribution in [0.2, 0.25) is 0 Å². The van der Waals surface area contributed by atoms with Crippen LogP contribution in [0.3, 0.4) is 0 Å². The van der Waals surface area contributed by atoms with Crippen molar-refractivity contribution in [2.45, 2.75) is 30.6 Å². The van der Waals surface area contributed by atoms with Crippen molar-refractivity contribution in [3.05, 3.63) is 23.8 Å². The molecule has 2 unspecified atom stereocenters. The van der Waals surface area contributed by atoms with E-state index in [-0.39, 0.29) is 17.0 Å². The Hall–Kier alpha value is -1.91. The van der Waals surface area contributed by atoms with Crippen molar-refractivity contribution in [3.8, 4) is 5.75 Å². The van der Waals surface area contributed by atoms with Gasteiger partial charge in [0.15, 0.2) is 6.04 Å². The van der Waals surface area contributed by atoms with E-state index in [1.807, 2.05) is 0 Å². The van der Waals surface area contributed by atoms with Gasteiger partial charge in [-0.2, -0.15) is 0 Å². The molecule has 1 aromatic carbocycles. The quantitative estimate of drug-likeness (QED) is 0.195. The zero-order valence-electron chi connectivity index (χ0n) is 12.5. The third-order valence-corrected chi connectivity index (χ3v) is 3.77. The Labute approximate surface area is 132 Å². The Bertz CT molecular complexity index is 568. The Morgan fingerprint density at radius 1 is 1.35 bits per heavy atom. The molecule has 0 bridgehead atoms. The first kappa shape index (κ1) is 17.4. The average molecular weight is 329 g/mol. The van der Waals surface area contributed by atoms with E-state index < -0.39 is 43.2 Å². The lowest BCUT2D eigenvalue weighted by Crippen LogP contribution is -2.94. The standard InChI is InChI=1S/C14H20N2O7/c1-16-10-12(19)11(18)9(23-14(10)21)5-22-13(20)7-4-6(15)2-3-8(7)17/h2-4,9-12,14,16-19,21H,5,15H2,1H3/p+1/t9?,10?,11-,12-,14-/m0/s1. The van der Waals surface area contributed by atoms with Crippen LogP contribution < -0.4 is 11.1 Å². The van der Waals surface area contributed by atoms with E-state index >= 15 is 0 Å². The van der Waals surface area contributed by atoms with Crippen molar-refractivity contribution in [2.75, 3.05) is 19.4 Å². The smallest absolute Gasteiger partial charge is 0.342 e. The summed E-state index contributed by atoms with van der Waals surface area (Å²) in [6.45, 7) is -0.404. The van der Waals surface area contributed by atoms with Crippen molar-refractivity contribution in [1.82, 2.24) is 0 Å². The molecule has 9 heteroatoms. The van der Waals surface area contributed by atoms with Crippen LogP contribution in [0.15, 0.2) is 18.2 Å². The zero-order valence-corrected chi connectivity index (χ0v) is 12.5. The third kappa shape index (κ3) is 3.71. The fourth-order valence-corrected chi connectivity index (χ4v) is 2.42. The Balaban J connectivity index is 2.00. The molecule has 2 rings (SSSR count). The topological polar surface area (TPSA) is 159 Å². The molecule has 0 aromatic heterocycles. The number of hydrogen-bond acceptors (Lipinski definition) is 8. The molecule has 1 heterocycles. The van der Waals surface area contributed by atoms with Crippen molar-refractivity contribution >= 4 is 11.7 Å². The fourth-order valence-electron chi connectivity index (χ4n) is 2.42. The highest BCUT2D eigenvalue weighted by Gasteiger charge is 2.46. The van der Waals surface area contributed by atoms with Gasteiger partial charge in [0.2, 0.25) is 6.29 Å². The van der Waals surface area contributed by atoms with E-state index in [2.05, 4.69) is 0 Å². The lowest BCUT2D eigenvalue weighted by atomic mass is 9.97. The second-order valence-corrected chi connectivity index (χ2v) is 5.33. The molecule has 1 saturated heterocycles. The number of ether oxygens (including phenoxy) is 2. The molecule has 23 heavy (non-hydrogen) atoms. The zero-order chi connectivity index (χ0) is 17.1. The van der Waals surface area contributed by atoms with Crippen LogP contribution >= 0.6 is 0 Å². The van der Waals surface area contributed by atoms with Gasteiger partial charge in [0.25, 0.3) is 0 Å². The highest BCUT2D eigenvalue weighted by Crippen LogP contribution is 2.22. The summed E-state index contributed by atoms with van der Waals surface area (Å²) in [5, 5.41) is 40.8. The number of nitrogens with two attached hydrogens (primary N) is 2. The molecule has 1 aliphatic heterocycles. The number of rotatable bonds is 4. The number of carbonyl (C=O) groups is 1. The average Bonchev–Trinajstić information content (AvgIpc) is 2.52. The van der Waals surface area contributed by atoms with Crippen LogP contribution in [0.1, 0.15) is 10.4 Å². The second-order valence-electron chi connectivity index (χ2n) is 5.33. The molecule has 1 fully saturated rings. The number of nitrogen functional groups attached to an aromatic ring is 1. The maximum Gasteiger partial charge on any atom is 0.342 e. The summed E-state index contributed by atoms with van der Waals surface area (Å²) in [6.07, 6.45) is -4.98. The maximum absolute atomic E-state index is 11.9. The van der Waals surface area contributed by atoms with E-state index in [1.165, 1.54) is 23.5 Å². The molecular weight excluding hydrogens is 308 g/mol. The summed E-state index contributed by atoms with van der Waals surface area (Å²) < 4.78 is 10.1. The van der Waals surface area contributed by atoms with E-state index in [0.29, 0.717) is 0 Å². The molecule has 0 aliphatic carbocycles. The number of carbonyl (C=O) groups excluding carboxylic acids is 1. The minimum atomic E-state index is -1.33. The van der Waals surface area contributed by atoms with Gasteiger partial charge in [-0.05, 0) is 18.2 Å². The van der Waals surface area contributed by atoms with Gasteiger partial charge >= 0.3 is 5.97 Å². The summed E-state index contributed by atoms with van der Waals surface area (Å²) >= 11 is 0. The van der Waals surface area contributed by atoms with Crippen molar-refractivity contribution < 1.29 is 40.0 Å². The summed E-state index contributed by atoms with van der Waals surface area (Å²) in [6, 6.07) is 3.19. The van der Waals surface area contributed by atoms with Crippen molar-refractivity contribution in [1.29, 1.82) is 0 Å². The Morgan fingerprint density at radius 3 is 2.70 bits per heavy atom. The Morgan fingerprint density at radius 2 is 2.04 bits per heavy atom. The molecule has 9 nitrogen and oxygen atoms in total. The van der Waals surface area contributed by atoms with E-state index in [9.17, 15) is 25.2 Å². The lowest BCUT2D eigenvalue weighted by Gasteiger charge is -2.38. The van der Waals surface area contributed by atoms with Gasteiger partial charge in [-0.15, -0.1) is 0 Å². The minimum absolute atomic E-state index is 0.129. The number of phenolic OH excluding ortho intramolecular Hbond substituents is 1. The van der Waals surface area contributed by atoms with Gasteiger partial charge in [-0.3, -0.25) is 0 Å². The van der Waals surface area contributed by atoms with E-state index in [1.54, 1.807) is 7.05 Å². The number of quaternary nitrogens is 1. The number of aromatic hydroxyl groups is 1. The lowest BCUT2D eigenvalue weighted by molar-refractivity contribution is -0.694. The van der Waals surface area contributed by atoms with Crippen LogP contribution in [0, 0.1) is 0 Å². The molecule has 5 atom stereocenters. The molecule has 0 amide bonds. The van der Waals surface area contributed by atoms with Crippen LogP contribution in [-0.4, -0.2) is 70.7 Å². The SMILES string of the molecule is C[NH2+]C1[C@@H](O)OC(COC(=O)c2cc(N)ccc2O)[C@H](O)[C@H]1O. The highest BCUT2D eigenvalue weighted by molar-refractivity contribution is 5.93. The monoisotopic (exact) mass is 329 g/mol. The van der Waals surface area contributed by atoms with Gasteiger partial charge in [0.1, 0.15) is 36.2 Å². The van der Waals surface area contributed by atoms with Gasteiger partial charge in [0, 0.05) is 5.69 Å². The fraction of sp³-hybridized carbons (Fsp3) is 0.500. The van der Waals surface area contributed by atoms with Gasteiger partial charge in [0.05, 0.1) is 7.05 Å². The number of aliphatic hydroxyl groups excluding tert-OH is 3. The van der Waals surface area contributed by atoms with Crippen molar-refractivity contribution in [3.63, 3.8) is 0 Å². The Kier molecular flexibility index (Phi) is 5.39. The number of esters is 1. The van der Waals surface area contributed by atoms with Crippen LogP contribution in [-0.2, 0) is 9.47 Å². The number of likely N-dealkylation sites (N-methyl/N-ethyl adjacent to an activating group) is 1. The summed E-state index contributed by atoms with van der Waals surface area (Å²) in [5.41, 5.74) is 5.69. The number of aliphatic hydroxyl groups is 3. The first-order valence-electron chi connectivity index (χ1n) is 7.10. The summed E-state index contributed by atoms with van der Waals surface area (Å²) in [7, 11) is 1.62. The number of anilines is 1. The molecule has 0 spiro atoms. The molecule has 0 radical (unpaired) electrons. The highest BCUT2D eigenvalue weighted by atomic mass is 16.6. The minimum Gasteiger partial charge on any atom is -0.507 e. The predicted octanol–water partition coefficient (Wildman–Crippen LogP) is -2.87. The van der Waals surface area contributed by atoms with Gasteiger partial charge in [-0.1, -0.05) is 0 Å². The second kappa shape index (κ2) is 7.11. The van der Waals surface area contributed by atoms with E-state index in [0.717, 1.165) is 0 Å². The largest absolute Gasteiger partial charge is 0.507 e. The van der Waals surface area contributed by atoms with Crippen LogP contribution in [0.4, 0.5) is 5.69 Å². The van der Waals surface area contributed by atoms with Crippen LogP contribution in [0.25, 0.3) is 0 Å². The number of benzene rings is 1. The first-order chi connectivity index (χ1) is 10.8. The van der Waals surface area contributed by atoms with Crippen LogP contribution in [0.5, 0.6) is 5.75 Å². The third-order valence-electron chi connectivity index (χ3n) is 3.77. The first-order valence-corrected chi connectivity index (χ1v) is 7.10. The molecule has 0 saturated carbocycles. The number of phenols is 1. The van der Waals surface area contributed by atoms with Gasteiger partial charge < -0.3 is 41.0 Å². The van der Waals surface area contributed by atoms with E-state index in [4.69, 9.17) is 15.2 Å².